The predicted molar refractivity (Wildman–Crippen MR) is 143 cm³/mol. The lowest BCUT2D eigenvalue weighted by Gasteiger charge is -2.17. The first-order valence-corrected chi connectivity index (χ1v) is 12.7. The van der Waals surface area contributed by atoms with Crippen molar-refractivity contribution in [3.8, 4) is 33.8 Å². The lowest BCUT2D eigenvalue weighted by atomic mass is 9.97. The van der Waals surface area contributed by atoms with Gasteiger partial charge < -0.3 is 9.47 Å². The van der Waals surface area contributed by atoms with Crippen molar-refractivity contribution in [2.75, 3.05) is 13.7 Å². The molecule has 0 saturated carbocycles. The Bertz CT molecular complexity index is 1590. The third-order valence-electron chi connectivity index (χ3n) is 6.64. The number of hydrogen-bond acceptors (Lipinski definition) is 2. The molecule has 0 saturated heterocycles. The molecule has 4 aromatic carbocycles. The van der Waals surface area contributed by atoms with E-state index < -0.39 is 70.9 Å². The summed E-state index contributed by atoms with van der Waals surface area (Å²) in [7, 11) is 1.07. The lowest BCUT2D eigenvalue weighted by Crippen LogP contribution is -2.20. The normalized spacial score (nSPS) is 12.6. The highest BCUT2D eigenvalue weighted by molar-refractivity contribution is 5.71. The van der Waals surface area contributed by atoms with Gasteiger partial charge in [-0.2, -0.15) is 8.78 Å². The molecule has 0 bridgehead atoms. The summed E-state index contributed by atoms with van der Waals surface area (Å²) in [5, 5.41) is 0. The molecule has 0 heterocycles. The van der Waals surface area contributed by atoms with E-state index in [9.17, 15) is 35.1 Å². The van der Waals surface area contributed by atoms with E-state index in [-0.39, 0.29) is 28.7 Å². The molecule has 0 amide bonds. The second-order valence-electron chi connectivity index (χ2n) is 9.26. The molecule has 2 unspecified atom stereocenters. The molecule has 0 radical (unpaired) electrons. The largest absolute Gasteiger partial charge is 0.494 e. The number of allylic oxidation sites excluding steroid dienone is 1. The van der Waals surface area contributed by atoms with E-state index in [1.54, 1.807) is 6.08 Å². The van der Waals surface area contributed by atoms with Crippen LogP contribution in [0.1, 0.15) is 23.7 Å². The summed E-state index contributed by atoms with van der Waals surface area (Å²) in [6, 6.07) is 12.3. The van der Waals surface area contributed by atoms with Crippen molar-refractivity contribution in [1.82, 2.24) is 0 Å². The van der Waals surface area contributed by atoms with E-state index in [1.165, 1.54) is 36.4 Å². The maximum atomic E-state index is 14.9. The fourth-order valence-corrected chi connectivity index (χ4v) is 4.32. The minimum absolute atomic E-state index is 0.0130. The first kappa shape index (κ1) is 30.6. The van der Waals surface area contributed by atoms with Crippen molar-refractivity contribution in [1.29, 1.82) is 0 Å². The third kappa shape index (κ3) is 6.12. The van der Waals surface area contributed by atoms with Crippen molar-refractivity contribution >= 4 is 0 Å². The molecule has 2 nitrogen and oxygen atoms in total. The summed E-state index contributed by atoms with van der Waals surface area (Å²) in [5.74, 6) is -9.26. The fraction of sp³-hybridized carbons (Fsp3) is 0.188. The van der Waals surface area contributed by atoms with Crippen LogP contribution in [0.4, 0.5) is 35.1 Å². The van der Waals surface area contributed by atoms with Crippen LogP contribution >= 0.6 is 0 Å². The fourth-order valence-electron chi connectivity index (χ4n) is 4.32. The average Bonchev–Trinajstić information content (AvgIpc) is 2.99. The number of rotatable bonds is 11. The Morgan fingerprint density at radius 3 is 1.81 bits per heavy atom. The highest BCUT2D eigenvalue weighted by Gasteiger charge is 2.29. The van der Waals surface area contributed by atoms with Gasteiger partial charge in [-0.3, -0.25) is 0 Å². The van der Waals surface area contributed by atoms with Gasteiger partial charge in [0.15, 0.2) is 47.1 Å². The Labute approximate surface area is 236 Å². The first-order chi connectivity index (χ1) is 20.1. The zero-order chi connectivity index (χ0) is 30.6. The van der Waals surface area contributed by atoms with Crippen LogP contribution in [0.25, 0.3) is 22.3 Å². The van der Waals surface area contributed by atoms with Crippen LogP contribution in [0, 0.1) is 34.9 Å². The molecule has 0 N–H and O–H groups in total. The van der Waals surface area contributed by atoms with Crippen LogP contribution in [0.15, 0.2) is 73.3 Å². The van der Waals surface area contributed by atoms with Crippen molar-refractivity contribution in [3.63, 3.8) is 0 Å². The summed E-state index contributed by atoms with van der Waals surface area (Å²) in [6.45, 7) is 2.43. The Balaban J connectivity index is 1.48. The van der Waals surface area contributed by atoms with E-state index in [0.717, 1.165) is 31.4 Å². The molecule has 4 aromatic rings. The number of ether oxygens (including phenoxy) is 2. The van der Waals surface area contributed by atoms with Crippen LogP contribution in [-0.4, -0.2) is 19.9 Å². The zero-order valence-electron chi connectivity index (χ0n) is 22.2. The summed E-state index contributed by atoms with van der Waals surface area (Å²) in [6.07, 6.45) is -2.86. The van der Waals surface area contributed by atoms with Gasteiger partial charge in [0.25, 0.3) is 0 Å². The van der Waals surface area contributed by atoms with Crippen molar-refractivity contribution < 1.29 is 44.6 Å². The molecular weight excluding hydrogens is 568 g/mol. The standard InChI is InChI=1S/C32H24F8O2/c1-3-4-5-19-10-11-20(28(36)26(19)34)17-6-8-18(9-7-17)21-12-15-25(32(40)29(21)37)42-16-23(33)27(35)22-13-14-24(41-2)31(39)30(22)38/h3,6-15,23,27H,1,4-5,16H2,2H3. The highest BCUT2D eigenvalue weighted by atomic mass is 19.2. The molecule has 4 rings (SSSR count). The lowest BCUT2D eigenvalue weighted by molar-refractivity contribution is 0.104. The molecule has 2 atom stereocenters. The van der Waals surface area contributed by atoms with Gasteiger partial charge in [0, 0.05) is 16.7 Å². The van der Waals surface area contributed by atoms with Crippen molar-refractivity contribution in [2.45, 2.75) is 25.2 Å². The monoisotopic (exact) mass is 592 g/mol. The first-order valence-electron chi connectivity index (χ1n) is 12.7. The quantitative estimate of drug-likeness (QED) is 0.128. The van der Waals surface area contributed by atoms with Crippen molar-refractivity contribution in [3.05, 3.63) is 119 Å². The molecular formula is C32H24F8O2. The number of methoxy groups -OCH3 is 1. The van der Waals surface area contributed by atoms with Crippen LogP contribution in [0.3, 0.4) is 0 Å². The zero-order valence-corrected chi connectivity index (χ0v) is 22.2. The van der Waals surface area contributed by atoms with Crippen LogP contribution < -0.4 is 9.47 Å². The van der Waals surface area contributed by atoms with Gasteiger partial charge in [-0.05, 0) is 53.8 Å². The summed E-state index contributed by atoms with van der Waals surface area (Å²) in [4.78, 5) is 0. The Hall–Kier alpha value is -4.34. The Morgan fingerprint density at radius 2 is 1.21 bits per heavy atom. The number of alkyl halides is 2. The summed E-state index contributed by atoms with van der Waals surface area (Å²) < 4.78 is 125. The van der Waals surface area contributed by atoms with Gasteiger partial charge in [-0.1, -0.05) is 42.5 Å². The maximum absolute atomic E-state index is 14.9. The van der Waals surface area contributed by atoms with E-state index in [1.807, 2.05) is 0 Å². The smallest absolute Gasteiger partial charge is 0.201 e. The third-order valence-corrected chi connectivity index (χ3v) is 6.64. The van der Waals surface area contributed by atoms with Crippen LogP contribution in [0.5, 0.6) is 11.5 Å². The van der Waals surface area contributed by atoms with Crippen LogP contribution in [-0.2, 0) is 6.42 Å². The number of halogens is 8. The topological polar surface area (TPSA) is 18.5 Å². The number of benzene rings is 4. The molecule has 220 valence electrons. The molecule has 42 heavy (non-hydrogen) atoms. The molecule has 10 heteroatoms. The van der Waals surface area contributed by atoms with Gasteiger partial charge in [-0.25, -0.2) is 26.3 Å². The van der Waals surface area contributed by atoms with Gasteiger partial charge in [0.05, 0.1) is 7.11 Å². The molecule has 0 aliphatic carbocycles. The molecule has 0 aromatic heterocycles. The minimum atomic E-state index is -2.67. The van der Waals surface area contributed by atoms with Crippen LogP contribution in [0.2, 0.25) is 0 Å². The van der Waals surface area contributed by atoms with E-state index in [4.69, 9.17) is 4.74 Å². The van der Waals surface area contributed by atoms with Gasteiger partial charge in [-0.15, -0.1) is 6.58 Å². The number of aryl methyl sites for hydroxylation is 1. The molecule has 0 aliphatic rings. The maximum Gasteiger partial charge on any atom is 0.201 e. The predicted octanol–water partition coefficient (Wildman–Crippen LogP) is 9.41. The summed E-state index contributed by atoms with van der Waals surface area (Å²) in [5.41, 5.74) is -0.463. The Morgan fingerprint density at radius 1 is 0.667 bits per heavy atom. The van der Waals surface area contributed by atoms with Gasteiger partial charge in [0.2, 0.25) is 11.6 Å². The van der Waals surface area contributed by atoms with Gasteiger partial charge in [0.1, 0.15) is 6.61 Å². The highest BCUT2D eigenvalue weighted by Crippen LogP contribution is 2.35. The van der Waals surface area contributed by atoms with Gasteiger partial charge >= 0.3 is 0 Å². The second-order valence-corrected chi connectivity index (χ2v) is 9.26. The van der Waals surface area contributed by atoms with E-state index in [0.29, 0.717) is 12.0 Å². The molecule has 0 fully saturated rings. The Kier molecular flexibility index (Phi) is 9.55. The average molecular weight is 593 g/mol. The summed E-state index contributed by atoms with van der Waals surface area (Å²) >= 11 is 0. The second kappa shape index (κ2) is 13.1. The SMILES string of the molecule is C=CCCc1ccc(-c2ccc(-c3ccc(OCC(F)C(F)c4ccc(OC)c(F)c4F)c(F)c3F)cc2)c(F)c1F. The van der Waals surface area contributed by atoms with E-state index >= 15 is 0 Å². The van der Waals surface area contributed by atoms with E-state index in [2.05, 4.69) is 11.3 Å². The van der Waals surface area contributed by atoms with Crippen molar-refractivity contribution in [2.24, 2.45) is 0 Å². The molecule has 0 spiro atoms. The minimum Gasteiger partial charge on any atom is -0.494 e. The number of hydrogen-bond donors (Lipinski definition) is 0. The molecule has 0 aliphatic heterocycles.